The Kier molecular flexibility index (Phi) is 12.2. The maximum absolute atomic E-state index is 6.63. The van der Waals surface area contributed by atoms with E-state index in [2.05, 4.69) is 118 Å². The lowest BCUT2D eigenvalue weighted by Gasteiger charge is -2.32. The third-order valence-corrected chi connectivity index (χ3v) is 11.2. The van der Waals surface area contributed by atoms with Crippen molar-refractivity contribution in [3.63, 3.8) is 0 Å². The molecule has 0 radical (unpaired) electrons. The number of rotatable bonds is 16. The molecule has 0 aliphatic carbocycles. The first-order valence-corrected chi connectivity index (χ1v) is 18.3. The number of fused-ring (bicyclic) bond motifs is 1. The van der Waals surface area contributed by atoms with Gasteiger partial charge < -0.3 is 29.3 Å². The van der Waals surface area contributed by atoms with E-state index in [1.807, 2.05) is 0 Å². The third kappa shape index (κ3) is 8.23. The summed E-state index contributed by atoms with van der Waals surface area (Å²) < 4.78 is 26.5. The lowest BCUT2D eigenvalue weighted by Crippen LogP contribution is -2.41. The maximum atomic E-state index is 6.63. The number of hydrogen-bond acceptors (Lipinski definition) is 6. The van der Waals surface area contributed by atoms with Crippen molar-refractivity contribution in [2.75, 3.05) is 13.1 Å². The number of benzene rings is 2. The first kappa shape index (κ1) is 37.4. The first-order valence-electron chi connectivity index (χ1n) is 18.3. The molecule has 2 unspecified atom stereocenters. The molecule has 2 aromatic rings. The Labute approximate surface area is 282 Å². The van der Waals surface area contributed by atoms with Crippen molar-refractivity contribution in [3.8, 4) is 0 Å². The van der Waals surface area contributed by atoms with Gasteiger partial charge in [0.2, 0.25) is 0 Å². The quantitative estimate of drug-likeness (QED) is 0.156. The van der Waals surface area contributed by atoms with Gasteiger partial charge >= 0.3 is 14.2 Å². The van der Waals surface area contributed by atoms with Crippen LogP contribution in [0.3, 0.4) is 0 Å². The maximum Gasteiger partial charge on any atom is 0.494 e. The highest BCUT2D eigenvalue weighted by atomic mass is 16.7. The largest absolute Gasteiger partial charge is 0.494 e. The smallest absolute Gasteiger partial charge is 0.399 e. The average molecular weight is 635 g/mol. The summed E-state index contributed by atoms with van der Waals surface area (Å²) in [6.07, 6.45) is 8.75. The van der Waals surface area contributed by atoms with E-state index >= 15 is 0 Å². The van der Waals surface area contributed by atoms with Crippen LogP contribution in [0.2, 0.25) is 0 Å². The van der Waals surface area contributed by atoms with Crippen LogP contribution in [0, 0.1) is 0 Å². The van der Waals surface area contributed by atoms with Gasteiger partial charge in [-0.25, -0.2) is 0 Å². The van der Waals surface area contributed by atoms with Gasteiger partial charge in [0, 0.05) is 12.1 Å². The fourth-order valence-corrected chi connectivity index (χ4v) is 6.45. The molecule has 0 bridgehead atoms. The molecule has 0 amide bonds. The van der Waals surface area contributed by atoms with Gasteiger partial charge in [-0.05, 0) is 140 Å². The van der Waals surface area contributed by atoms with Crippen LogP contribution in [0.4, 0.5) is 0 Å². The topological polar surface area (TPSA) is 61.0 Å². The first-order chi connectivity index (χ1) is 21.6. The van der Waals surface area contributed by atoms with Crippen LogP contribution in [0.1, 0.15) is 133 Å². The van der Waals surface area contributed by atoms with Gasteiger partial charge in [0.25, 0.3) is 0 Å². The Hall–Kier alpha value is -1.41. The predicted molar refractivity (Wildman–Crippen MR) is 197 cm³/mol. The summed E-state index contributed by atoms with van der Waals surface area (Å²) in [7, 11) is -0.830. The Morgan fingerprint density at radius 1 is 0.543 bits per heavy atom. The van der Waals surface area contributed by atoms with Gasteiger partial charge in [0.05, 0.1) is 22.4 Å². The molecule has 4 rings (SSSR count). The molecular weight excluding hydrogens is 570 g/mol. The van der Waals surface area contributed by atoms with E-state index < -0.39 is 36.6 Å². The summed E-state index contributed by atoms with van der Waals surface area (Å²) in [5.41, 5.74) is 3.23. The lowest BCUT2D eigenvalue weighted by atomic mass is 9.72. The second kappa shape index (κ2) is 15.0. The average Bonchev–Trinajstić information content (AvgIpc) is 3.35. The number of hydrogen-bond donors (Lipinski definition) is 2. The van der Waals surface area contributed by atoms with Crippen molar-refractivity contribution < 1.29 is 18.6 Å². The van der Waals surface area contributed by atoms with Crippen LogP contribution in [0.15, 0.2) is 24.3 Å². The van der Waals surface area contributed by atoms with Gasteiger partial charge in [-0.1, -0.05) is 64.8 Å². The van der Waals surface area contributed by atoms with Crippen LogP contribution < -0.4 is 21.6 Å². The van der Waals surface area contributed by atoms with Crippen LogP contribution in [0.5, 0.6) is 0 Å². The van der Waals surface area contributed by atoms with Gasteiger partial charge in [0.15, 0.2) is 0 Å². The van der Waals surface area contributed by atoms with E-state index in [1.54, 1.807) is 0 Å². The highest BCUT2D eigenvalue weighted by molar-refractivity contribution is 6.63. The lowest BCUT2D eigenvalue weighted by molar-refractivity contribution is 0.00578. The highest BCUT2D eigenvalue weighted by Crippen LogP contribution is 2.39. The van der Waals surface area contributed by atoms with Gasteiger partial charge in [-0.3, -0.25) is 0 Å². The van der Waals surface area contributed by atoms with Crippen molar-refractivity contribution >= 4 is 35.9 Å². The van der Waals surface area contributed by atoms with Crippen molar-refractivity contribution in [3.05, 3.63) is 35.4 Å². The third-order valence-electron chi connectivity index (χ3n) is 11.2. The zero-order chi connectivity index (χ0) is 33.9. The van der Waals surface area contributed by atoms with Crippen molar-refractivity contribution in [2.45, 2.75) is 169 Å². The summed E-state index contributed by atoms with van der Waals surface area (Å²) >= 11 is 0. The summed E-state index contributed by atoms with van der Waals surface area (Å²) in [6.45, 7) is 28.2. The zero-order valence-corrected chi connectivity index (χ0v) is 31.3. The Balaban J connectivity index is 1.88. The fourth-order valence-electron chi connectivity index (χ4n) is 6.45. The minimum atomic E-state index is -0.415. The normalized spacial score (nSPS) is 21.3. The summed E-state index contributed by atoms with van der Waals surface area (Å²) in [5.74, 6) is 0. The standard InChI is InChI=1S/C38H64B2N2O4/c1-13-17-19-41-31(15-3)23-27-21-29(39-43-35(5,6)36(7,8)44-39)26-34-28(24-32(16-4)42-20-18-14-2)22-30(25-33(27)34)40-45-37(9,10)38(11,12)46-40/h21-22,25-26,31-32,41-42H,13-20,23-24H2,1-12H3. The van der Waals surface area contributed by atoms with E-state index in [1.165, 1.54) is 47.6 Å². The molecule has 0 saturated carbocycles. The molecule has 2 atom stereocenters. The Morgan fingerprint density at radius 2 is 0.870 bits per heavy atom. The van der Waals surface area contributed by atoms with Crippen molar-refractivity contribution in [2.24, 2.45) is 0 Å². The molecule has 256 valence electrons. The van der Waals surface area contributed by atoms with Crippen LogP contribution in [0.25, 0.3) is 10.8 Å². The SMILES string of the molecule is CCCCNC(CC)Cc1cc(B2OC(C)(C)C(C)(C)O2)cc2c(CC(CC)NCCCC)cc(B3OC(C)(C)C(C)(C)O3)cc12. The molecular formula is C38H64B2N2O4. The van der Waals surface area contributed by atoms with E-state index in [0.717, 1.165) is 49.7 Å². The van der Waals surface area contributed by atoms with E-state index in [9.17, 15) is 0 Å². The molecule has 2 aliphatic heterocycles. The minimum absolute atomic E-state index is 0.381. The number of unbranched alkanes of at least 4 members (excludes halogenated alkanes) is 2. The monoisotopic (exact) mass is 635 g/mol. The second-order valence-corrected chi connectivity index (χ2v) is 15.9. The van der Waals surface area contributed by atoms with Crippen molar-refractivity contribution in [1.29, 1.82) is 0 Å². The number of nitrogens with one attached hydrogen (secondary N) is 2. The minimum Gasteiger partial charge on any atom is -0.399 e. The van der Waals surface area contributed by atoms with Crippen LogP contribution >= 0.6 is 0 Å². The second-order valence-electron chi connectivity index (χ2n) is 15.9. The van der Waals surface area contributed by atoms with E-state index in [0.29, 0.717) is 12.1 Å². The Morgan fingerprint density at radius 3 is 1.15 bits per heavy atom. The van der Waals surface area contributed by atoms with Gasteiger partial charge in [-0.2, -0.15) is 0 Å². The van der Waals surface area contributed by atoms with Crippen LogP contribution in [-0.4, -0.2) is 61.8 Å². The molecule has 2 heterocycles. The molecule has 46 heavy (non-hydrogen) atoms. The van der Waals surface area contributed by atoms with Crippen LogP contribution in [-0.2, 0) is 31.5 Å². The Bertz CT molecular complexity index is 1180. The fraction of sp³-hybridized carbons (Fsp3) is 0.737. The molecule has 2 aliphatic rings. The van der Waals surface area contributed by atoms with Crippen molar-refractivity contribution in [1.82, 2.24) is 10.6 Å². The molecule has 8 heteroatoms. The van der Waals surface area contributed by atoms with E-state index in [-0.39, 0.29) is 0 Å². The highest BCUT2D eigenvalue weighted by Gasteiger charge is 2.53. The summed E-state index contributed by atoms with van der Waals surface area (Å²) in [6, 6.07) is 10.1. The molecule has 2 saturated heterocycles. The molecule has 0 aromatic heterocycles. The molecule has 2 fully saturated rings. The summed E-state index contributed by atoms with van der Waals surface area (Å²) in [5, 5.41) is 10.3. The van der Waals surface area contributed by atoms with Gasteiger partial charge in [-0.15, -0.1) is 0 Å². The van der Waals surface area contributed by atoms with E-state index in [4.69, 9.17) is 18.6 Å². The predicted octanol–water partition coefficient (Wildman–Crippen LogP) is 6.86. The molecule has 2 aromatic carbocycles. The van der Waals surface area contributed by atoms with Gasteiger partial charge in [0.1, 0.15) is 0 Å². The molecule has 0 spiro atoms. The molecule has 2 N–H and O–H groups in total. The summed E-state index contributed by atoms with van der Waals surface area (Å²) in [4.78, 5) is 0. The zero-order valence-electron chi connectivity index (χ0n) is 31.3. The molecule has 6 nitrogen and oxygen atoms in total.